The van der Waals surface area contributed by atoms with E-state index in [2.05, 4.69) is 15.1 Å². The number of aromatic nitrogens is 2. The second-order valence-corrected chi connectivity index (χ2v) is 7.61. The van der Waals surface area contributed by atoms with Crippen molar-refractivity contribution in [1.29, 1.82) is 0 Å². The molecule has 1 aromatic carbocycles. The van der Waals surface area contributed by atoms with Gasteiger partial charge in [-0.3, -0.25) is 14.8 Å². The number of β-amino-alcohol motifs (C(OH)–C–C–N with tert-alkyl or cyclic N) is 1. The van der Waals surface area contributed by atoms with Crippen molar-refractivity contribution < 1.29 is 9.90 Å². The van der Waals surface area contributed by atoms with Gasteiger partial charge in [-0.05, 0) is 17.5 Å². The summed E-state index contributed by atoms with van der Waals surface area (Å²) in [7, 11) is 0. The maximum atomic E-state index is 12.8. The molecule has 0 saturated carbocycles. The number of carbonyl (C=O) groups is 1. The molecule has 0 bridgehead atoms. The zero-order valence-electron chi connectivity index (χ0n) is 14.6. The molecule has 2 aromatic rings. The van der Waals surface area contributed by atoms with Gasteiger partial charge < -0.3 is 10.0 Å². The summed E-state index contributed by atoms with van der Waals surface area (Å²) in [6.07, 6.45) is 1.35. The number of nitrogens with one attached hydrogen (secondary N) is 1. The smallest absolute Gasteiger partial charge is 0.254 e. The molecular formula is C18H26N4O2. The third-order valence-corrected chi connectivity index (χ3v) is 4.81. The van der Waals surface area contributed by atoms with E-state index in [9.17, 15) is 9.90 Å². The first-order chi connectivity index (χ1) is 11.4. The Balaban J connectivity index is 1.62. The van der Waals surface area contributed by atoms with Crippen molar-refractivity contribution in [3.63, 3.8) is 0 Å². The highest BCUT2D eigenvalue weighted by Gasteiger charge is 2.28. The second kappa shape index (κ2) is 6.53. The number of aliphatic hydroxyl groups excluding tert-OH is 1. The lowest BCUT2D eigenvalue weighted by atomic mass is 9.89. The highest BCUT2D eigenvalue weighted by atomic mass is 16.3. The number of aromatic amines is 1. The van der Waals surface area contributed by atoms with E-state index in [1.54, 1.807) is 6.20 Å². The summed E-state index contributed by atoms with van der Waals surface area (Å²) in [4.78, 5) is 16.9. The van der Waals surface area contributed by atoms with Crippen molar-refractivity contribution in [3.8, 4) is 0 Å². The fourth-order valence-corrected chi connectivity index (χ4v) is 2.98. The van der Waals surface area contributed by atoms with E-state index >= 15 is 0 Å². The topological polar surface area (TPSA) is 72.5 Å². The summed E-state index contributed by atoms with van der Waals surface area (Å²) >= 11 is 0. The van der Waals surface area contributed by atoms with Crippen LogP contribution in [0.2, 0.25) is 0 Å². The van der Waals surface area contributed by atoms with Crippen molar-refractivity contribution in [2.24, 2.45) is 5.41 Å². The van der Waals surface area contributed by atoms with E-state index in [1.807, 2.05) is 43.9 Å². The van der Waals surface area contributed by atoms with Crippen LogP contribution in [-0.4, -0.2) is 69.8 Å². The van der Waals surface area contributed by atoms with Crippen LogP contribution in [0, 0.1) is 5.41 Å². The zero-order valence-corrected chi connectivity index (χ0v) is 14.6. The van der Waals surface area contributed by atoms with Crippen LogP contribution in [-0.2, 0) is 0 Å². The molecule has 0 radical (unpaired) electrons. The number of benzene rings is 1. The van der Waals surface area contributed by atoms with Gasteiger partial charge in [0, 0.05) is 38.1 Å². The highest BCUT2D eigenvalue weighted by molar-refractivity contribution is 6.06. The summed E-state index contributed by atoms with van der Waals surface area (Å²) in [5.41, 5.74) is 1.46. The molecule has 0 unspecified atom stereocenters. The Hall–Kier alpha value is -1.92. The SMILES string of the molecule is CC(C)(C)[C@H](O)CN1CCN(C(=O)c2cccc3[nH]ncc23)CC1. The summed E-state index contributed by atoms with van der Waals surface area (Å²) < 4.78 is 0. The lowest BCUT2D eigenvalue weighted by Crippen LogP contribution is -2.51. The van der Waals surface area contributed by atoms with Gasteiger partial charge in [-0.15, -0.1) is 0 Å². The number of carbonyl (C=O) groups excluding carboxylic acids is 1. The maximum absolute atomic E-state index is 12.8. The molecule has 6 heteroatoms. The van der Waals surface area contributed by atoms with Crippen LogP contribution in [0.15, 0.2) is 24.4 Å². The molecule has 1 saturated heterocycles. The number of aliphatic hydroxyl groups is 1. The zero-order chi connectivity index (χ0) is 17.3. The van der Waals surface area contributed by atoms with Crippen molar-refractivity contribution in [2.75, 3.05) is 32.7 Å². The molecule has 1 atom stereocenters. The van der Waals surface area contributed by atoms with Crippen LogP contribution in [0.1, 0.15) is 31.1 Å². The normalized spacial score (nSPS) is 18.1. The van der Waals surface area contributed by atoms with Gasteiger partial charge in [0.15, 0.2) is 0 Å². The van der Waals surface area contributed by atoms with Crippen molar-refractivity contribution in [3.05, 3.63) is 30.0 Å². The molecule has 0 spiro atoms. The maximum Gasteiger partial charge on any atom is 0.254 e. The molecule has 3 rings (SSSR count). The fourth-order valence-electron chi connectivity index (χ4n) is 2.98. The fraction of sp³-hybridized carbons (Fsp3) is 0.556. The standard InChI is InChI=1S/C18H26N4O2/c1-18(2,3)16(23)12-21-7-9-22(10-8-21)17(24)13-5-4-6-15-14(13)11-19-20-15/h4-6,11,16,23H,7-10,12H2,1-3H3,(H,19,20)/t16-/m1/s1. The Bertz CT molecular complexity index is 711. The van der Waals surface area contributed by atoms with E-state index < -0.39 is 0 Å². The minimum absolute atomic E-state index is 0.0537. The molecule has 1 aromatic heterocycles. The summed E-state index contributed by atoms with van der Waals surface area (Å²) in [5.74, 6) is 0.0537. The first-order valence-corrected chi connectivity index (χ1v) is 8.48. The van der Waals surface area contributed by atoms with Crippen molar-refractivity contribution in [2.45, 2.75) is 26.9 Å². The number of hydrogen-bond donors (Lipinski definition) is 2. The van der Waals surface area contributed by atoms with E-state index in [1.165, 1.54) is 0 Å². The van der Waals surface area contributed by atoms with Crippen LogP contribution < -0.4 is 0 Å². The van der Waals surface area contributed by atoms with Crippen molar-refractivity contribution >= 4 is 16.8 Å². The second-order valence-electron chi connectivity index (χ2n) is 7.61. The van der Waals surface area contributed by atoms with Crippen molar-refractivity contribution in [1.82, 2.24) is 20.0 Å². The Morgan fingerprint density at radius 3 is 2.67 bits per heavy atom. The molecule has 1 aliphatic rings. The number of nitrogens with zero attached hydrogens (tertiary/aromatic N) is 3. The van der Waals surface area contributed by atoms with Crippen LogP contribution in [0.5, 0.6) is 0 Å². The van der Waals surface area contributed by atoms with Gasteiger partial charge in [0.1, 0.15) is 0 Å². The molecular weight excluding hydrogens is 304 g/mol. The number of piperazine rings is 1. The van der Waals surface area contributed by atoms with Gasteiger partial charge in [-0.25, -0.2) is 0 Å². The van der Waals surface area contributed by atoms with Gasteiger partial charge in [-0.2, -0.15) is 5.10 Å². The number of fused-ring (bicyclic) bond motifs is 1. The molecule has 1 amide bonds. The predicted octanol–water partition coefficient (Wildman–Crippen LogP) is 1.73. The van der Waals surface area contributed by atoms with Crippen LogP contribution >= 0.6 is 0 Å². The Kier molecular flexibility index (Phi) is 4.60. The van der Waals surface area contributed by atoms with Gasteiger partial charge in [0.25, 0.3) is 5.91 Å². The average molecular weight is 330 g/mol. The number of rotatable bonds is 3. The Labute approximate surface area is 142 Å². The lowest BCUT2D eigenvalue weighted by molar-refractivity contribution is 0.0137. The molecule has 0 aliphatic carbocycles. The molecule has 2 N–H and O–H groups in total. The van der Waals surface area contributed by atoms with Crippen LogP contribution in [0.25, 0.3) is 10.9 Å². The molecule has 130 valence electrons. The average Bonchev–Trinajstić information content (AvgIpc) is 3.02. The summed E-state index contributed by atoms with van der Waals surface area (Å²) in [5, 5.41) is 18.1. The first-order valence-electron chi connectivity index (χ1n) is 8.48. The molecule has 24 heavy (non-hydrogen) atoms. The first kappa shape index (κ1) is 16.9. The van der Waals surface area contributed by atoms with Gasteiger partial charge in [0.05, 0.1) is 23.4 Å². The predicted molar refractivity (Wildman–Crippen MR) is 93.9 cm³/mol. The molecule has 1 aliphatic heterocycles. The number of H-pyrrole nitrogens is 1. The largest absolute Gasteiger partial charge is 0.391 e. The van der Waals surface area contributed by atoms with Gasteiger partial charge in [0.2, 0.25) is 0 Å². The quantitative estimate of drug-likeness (QED) is 0.899. The van der Waals surface area contributed by atoms with Gasteiger partial charge in [-0.1, -0.05) is 26.8 Å². The molecule has 6 nitrogen and oxygen atoms in total. The van der Waals surface area contributed by atoms with Gasteiger partial charge >= 0.3 is 0 Å². The molecule has 2 heterocycles. The Morgan fingerprint density at radius 1 is 1.29 bits per heavy atom. The number of amides is 1. The highest BCUT2D eigenvalue weighted by Crippen LogP contribution is 2.21. The van der Waals surface area contributed by atoms with E-state index in [4.69, 9.17) is 0 Å². The number of hydrogen-bond acceptors (Lipinski definition) is 4. The minimum atomic E-state index is -0.362. The summed E-state index contributed by atoms with van der Waals surface area (Å²) in [6.45, 7) is 9.74. The van der Waals surface area contributed by atoms with E-state index in [-0.39, 0.29) is 17.4 Å². The molecule has 1 fully saturated rings. The van der Waals surface area contributed by atoms with Crippen LogP contribution in [0.4, 0.5) is 0 Å². The Morgan fingerprint density at radius 2 is 2.00 bits per heavy atom. The third-order valence-electron chi connectivity index (χ3n) is 4.81. The monoisotopic (exact) mass is 330 g/mol. The van der Waals surface area contributed by atoms with E-state index in [0.717, 1.165) is 24.0 Å². The summed E-state index contributed by atoms with van der Waals surface area (Å²) in [6, 6.07) is 5.66. The van der Waals surface area contributed by atoms with E-state index in [0.29, 0.717) is 25.2 Å². The minimum Gasteiger partial charge on any atom is -0.391 e. The third kappa shape index (κ3) is 3.44. The van der Waals surface area contributed by atoms with Crippen LogP contribution in [0.3, 0.4) is 0 Å². The lowest BCUT2D eigenvalue weighted by Gasteiger charge is -2.38.